The molecule has 0 saturated carbocycles. The van der Waals surface area contributed by atoms with E-state index in [1.807, 2.05) is 24.3 Å². The monoisotopic (exact) mass is 266 g/mol. The lowest BCUT2D eigenvalue weighted by atomic mass is 10.2. The topological polar surface area (TPSA) is 78.5 Å². The third-order valence-electron chi connectivity index (χ3n) is 2.72. The van der Waals surface area contributed by atoms with Crippen LogP contribution in [-0.4, -0.2) is 9.97 Å². The molecule has 1 aromatic heterocycles. The average Bonchev–Trinajstić information content (AvgIpc) is 2.83. The van der Waals surface area contributed by atoms with Gasteiger partial charge in [0.15, 0.2) is 5.16 Å². The molecule has 3 rings (SSSR count). The Labute approximate surface area is 114 Å². The predicted molar refractivity (Wildman–Crippen MR) is 75.8 cm³/mol. The number of aromatic nitrogens is 2. The summed E-state index contributed by atoms with van der Waals surface area (Å²) in [5.41, 5.74) is 9.05. The molecular weight excluding hydrogens is 256 g/mol. The average molecular weight is 266 g/mol. The minimum Gasteiger partial charge on any atom is -0.398 e. The summed E-state index contributed by atoms with van der Waals surface area (Å²) in [4.78, 5) is 8.53. The summed E-state index contributed by atoms with van der Waals surface area (Å²) in [6, 6.07) is 15.2. The molecule has 0 spiro atoms. The van der Waals surface area contributed by atoms with Crippen LogP contribution in [0.15, 0.2) is 52.5 Å². The van der Waals surface area contributed by atoms with Crippen molar-refractivity contribution in [1.82, 2.24) is 9.97 Å². The number of hydrogen-bond donors (Lipinski definition) is 2. The highest BCUT2D eigenvalue weighted by molar-refractivity contribution is 7.99. The number of rotatable bonds is 2. The predicted octanol–water partition coefficient (Wildman–Crippen LogP) is 3.17. The molecular formula is C14H10N4S. The maximum absolute atomic E-state index is 8.91. The van der Waals surface area contributed by atoms with Gasteiger partial charge in [-0.1, -0.05) is 12.1 Å². The number of anilines is 1. The number of nitrogens with one attached hydrogen (secondary N) is 1. The fourth-order valence-corrected chi connectivity index (χ4v) is 2.66. The van der Waals surface area contributed by atoms with E-state index in [4.69, 9.17) is 11.0 Å². The zero-order valence-electron chi connectivity index (χ0n) is 9.92. The second-order valence-electron chi connectivity index (χ2n) is 4.03. The van der Waals surface area contributed by atoms with Crippen LogP contribution in [0.1, 0.15) is 5.56 Å². The number of imidazole rings is 1. The normalized spacial score (nSPS) is 10.5. The summed E-state index contributed by atoms with van der Waals surface area (Å²) >= 11 is 1.43. The highest BCUT2D eigenvalue weighted by atomic mass is 32.2. The van der Waals surface area contributed by atoms with Gasteiger partial charge in [0.25, 0.3) is 0 Å². The number of benzene rings is 2. The van der Waals surface area contributed by atoms with E-state index in [-0.39, 0.29) is 0 Å². The van der Waals surface area contributed by atoms with E-state index >= 15 is 0 Å². The number of para-hydroxylation sites is 2. The summed E-state index contributed by atoms with van der Waals surface area (Å²) in [6.07, 6.45) is 0. The van der Waals surface area contributed by atoms with Crippen LogP contribution in [0.25, 0.3) is 11.0 Å². The van der Waals surface area contributed by atoms with Gasteiger partial charge in [-0.15, -0.1) is 0 Å². The van der Waals surface area contributed by atoms with E-state index in [2.05, 4.69) is 16.0 Å². The molecule has 0 aliphatic rings. The summed E-state index contributed by atoms with van der Waals surface area (Å²) in [7, 11) is 0. The van der Waals surface area contributed by atoms with Gasteiger partial charge in [0.1, 0.15) is 0 Å². The Morgan fingerprint density at radius 2 is 2.05 bits per heavy atom. The van der Waals surface area contributed by atoms with Crippen molar-refractivity contribution in [1.29, 1.82) is 5.26 Å². The van der Waals surface area contributed by atoms with Gasteiger partial charge in [-0.25, -0.2) is 4.98 Å². The van der Waals surface area contributed by atoms with Crippen molar-refractivity contribution < 1.29 is 0 Å². The van der Waals surface area contributed by atoms with Gasteiger partial charge >= 0.3 is 0 Å². The molecule has 3 aromatic rings. The number of nitrogens with two attached hydrogens (primary N) is 1. The fourth-order valence-electron chi connectivity index (χ4n) is 1.77. The van der Waals surface area contributed by atoms with Crippen molar-refractivity contribution in [2.75, 3.05) is 5.73 Å². The number of fused-ring (bicyclic) bond motifs is 1. The molecule has 0 unspecified atom stereocenters. The molecule has 4 nitrogen and oxygen atoms in total. The van der Waals surface area contributed by atoms with Crippen LogP contribution in [-0.2, 0) is 0 Å². The molecule has 5 heteroatoms. The Morgan fingerprint density at radius 3 is 2.84 bits per heavy atom. The van der Waals surface area contributed by atoms with Crippen LogP contribution in [0.2, 0.25) is 0 Å². The highest BCUT2D eigenvalue weighted by Gasteiger charge is 2.07. The molecule has 1 heterocycles. The second-order valence-corrected chi connectivity index (χ2v) is 5.06. The number of nitrogens with zero attached hydrogens (tertiary/aromatic N) is 2. The van der Waals surface area contributed by atoms with Crippen molar-refractivity contribution in [3.63, 3.8) is 0 Å². The molecule has 19 heavy (non-hydrogen) atoms. The summed E-state index contributed by atoms with van der Waals surface area (Å²) in [5, 5.41) is 9.68. The lowest BCUT2D eigenvalue weighted by Gasteiger charge is -2.02. The second kappa shape index (κ2) is 4.67. The molecule has 0 aliphatic carbocycles. The zero-order valence-corrected chi connectivity index (χ0v) is 10.7. The smallest absolute Gasteiger partial charge is 0.171 e. The van der Waals surface area contributed by atoms with Crippen LogP contribution >= 0.6 is 11.8 Å². The van der Waals surface area contributed by atoms with E-state index in [9.17, 15) is 0 Å². The standard InChI is InChI=1S/C14H10N4S/c15-8-9-5-6-10(16)13(7-9)19-14-17-11-3-1-2-4-12(11)18-14/h1-7H,16H2,(H,17,18). The maximum Gasteiger partial charge on any atom is 0.171 e. The first-order chi connectivity index (χ1) is 9.26. The van der Waals surface area contributed by atoms with Crippen molar-refractivity contribution in [2.24, 2.45) is 0 Å². The van der Waals surface area contributed by atoms with Crippen molar-refractivity contribution in [3.05, 3.63) is 48.0 Å². The molecule has 0 radical (unpaired) electrons. The molecule has 92 valence electrons. The van der Waals surface area contributed by atoms with Gasteiger partial charge in [-0.2, -0.15) is 5.26 Å². The minimum atomic E-state index is 0.591. The molecule has 0 aliphatic heterocycles. The minimum absolute atomic E-state index is 0.591. The lowest BCUT2D eigenvalue weighted by molar-refractivity contribution is 1.08. The Balaban J connectivity index is 1.98. The maximum atomic E-state index is 8.91. The van der Waals surface area contributed by atoms with Gasteiger partial charge in [0, 0.05) is 10.6 Å². The molecule has 0 saturated heterocycles. The first-order valence-corrected chi connectivity index (χ1v) is 6.50. The highest BCUT2D eigenvalue weighted by Crippen LogP contribution is 2.32. The molecule has 0 fully saturated rings. The van der Waals surface area contributed by atoms with Crippen LogP contribution < -0.4 is 5.73 Å². The van der Waals surface area contributed by atoms with Gasteiger partial charge in [-0.3, -0.25) is 0 Å². The van der Waals surface area contributed by atoms with Gasteiger partial charge in [-0.05, 0) is 42.1 Å². The van der Waals surface area contributed by atoms with E-state index in [0.717, 1.165) is 21.1 Å². The third kappa shape index (κ3) is 2.26. The molecule has 0 atom stereocenters. The third-order valence-corrected chi connectivity index (χ3v) is 3.68. The molecule has 3 N–H and O–H groups in total. The number of H-pyrrole nitrogens is 1. The van der Waals surface area contributed by atoms with E-state index in [0.29, 0.717) is 11.3 Å². The number of nitrogen functional groups attached to an aromatic ring is 1. The van der Waals surface area contributed by atoms with Crippen molar-refractivity contribution >= 4 is 28.5 Å². The van der Waals surface area contributed by atoms with Crippen LogP contribution in [0.3, 0.4) is 0 Å². The van der Waals surface area contributed by atoms with E-state index in [1.165, 1.54) is 11.8 Å². The van der Waals surface area contributed by atoms with Crippen molar-refractivity contribution in [2.45, 2.75) is 10.1 Å². The van der Waals surface area contributed by atoms with Crippen molar-refractivity contribution in [3.8, 4) is 6.07 Å². The van der Waals surface area contributed by atoms with E-state index < -0.39 is 0 Å². The largest absolute Gasteiger partial charge is 0.398 e. The fraction of sp³-hybridized carbons (Fsp3) is 0. The summed E-state index contributed by atoms with van der Waals surface area (Å²) in [6.45, 7) is 0. The quantitative estimate of drug-likeness (QED) is 0.698. The molecule has 2 aromatic carbocycles. The Bertz CT molecular complexity index is 752. The number of hydrogen-bond acceptors (Lipinski definition) is 4. The van der Waals surface area contributed by atoms with Crippen LogP contribution in [0.4, 0.5) is 5.69 Å². The van der Waals surface area contributed by atoms with Gasteiger partial charge < -0.3 is 10.7 Å². The molecule has 0 amide bonds. The summed E-state index contributed by atoms with van der Waals surface area (Å²) in [5.74, 6) is 0. The SMILES string of the molecule is N#Cc1ccc(N)c(Sc2nc3ccccc3[nH]2)c1. The Kier molecular flexibility index (Phi) is 2.86. The Morgan fingerprint density at radius 1 is 1.21 bits per heavy atom. The lowest BCUT2D eigenvalue weighted by Crippen LogP contribution is -1.89. The van der Waals surface area contributed by atoms with Gasteiger partial charge in [0.2, 0.25) is 0 Å². The first kappa shape index (κ1) is 11.6. The zero-order chi connectivity index (χ0) is 13.2. The van der Waals surface area contributed by atoms with Crippen LogP contribution in [0, 0.1) is 11.3 Å². The van der Waals surface area contributed by atoms with Crippen LogP contribution in [0.5, 0.6) is 0 Å². The van der Waals surface area contributed by atoms with Gasteiger partial charge in [0.05, 0.1) is 22.7 Å². The van der Waals surface area contributed by atoms with E-state index in [1.54, 1.807) is 18.2 Å². The number of aromatic amines is 1. The summed E-state index contributed by atoms with van der Waals surface area (Å²) < 4.78 is 0. The molecule has 0 bridgehead atoms. The Hall–Kier alpha value is -2.45. The number of nitriles is 1. The first-order valence-electron chi connectivity index (χ1n) is 5.68.